The van der Waals surface area contributed by atoms with E-state index in [2.05, 4.69) is 0 Å². The van der Waals surface area contributed by atoms with Crippen LogP contribution in [0.1, 0.15) is 5.56 Å². The average molecular weight is 323 g/mol. The Bertz CT molecular complexity index is 596. The molecule has 0 saturated carbocycles. The molecule has 0 fully saturated rings. The van der Waals surface area contributed by atoms with Crippen LogP contribution in [-0.2, 0) is 11.2 Å². The van der Waals surface area contributed by atoms with Crippen LogP contribution < -0.4 is 4.74 Å². The van der Waals surface area contributed by atoms with Gasteiger partial charge in [0.1, 0.15) is 11.0 Å². The predicted octanol–water partition coefficient (Wildman–Crippen LogP) is 4.14. The van der Waals surface area contributed by atoms with Crippen LogP contribution in [0.2, 0.25) is 5.02 Å². The molecule has 1 N–H and O–H groups in total. The number of carboxylic acid groups (broad SMARTS) is 1. The highest BCUT2D eigenvalue weighted by Crippen LogP contribution is 2.27. The summed E-state index contributed by atoms with van der Waals surface area (Å²) >= 11 is 7.15. The Morgan fingerprint density at radius 3 is 2.33 bits per heavy atom. The van der Waals surface area contributed by atoms with Crippen molar-refractivity contribution in [3.63, 3.8) is 0 Å². The first-order valence-electron chi connectivity index (χ1n) is 6.36. The molecule has 0 amide bonds. The lowest BCUT2D eigenvalue weighted by Crippen LogP contribution is -2.19. The quantitative estimate of drug-likeness (QED) is 0.812. The van der Waals surface area contributed by atoms with Gasteiger partial charge in [0.2, 0.25) is 0 Å². The fourth-order valence-corrected chi connectivity index (χ4v) is 2.96. The number of benzene rings is 2. The first-order valence-corrected chi connectivity index (χ1v) is 7.62. The maximum atomic E-state index is 11.4. The van der Waals surface area contributed by atoms with Crippen LogP contribution in [0.15, 0.2) is 53.4 Å². The number of aliphatic carboxylic acids is 1. The summed E-state index contributed by atoms with van der Waals surface area (Å²) in [7, 11) is 1.60. The summed E-state index contributed by atoms with van der Waals surface area (Å²) in [4.78, 5) is 12.3. The third-order valence-corrected chi connectivity index (χ3v) is 4.40. The number of thioether (sulfide) groups is 1. The van der Waals surface area contributed by atoms with Crippen molar-refractivity contribution in [1.29, 1.82) is 0 Å². The summed E-state index contributed by atoms with van der Waals surface area (Å²) in [5, 5.41) is 9.48. The molecule has 21 heavy (non-hydrogen) atoms. The van der Waals surface area contributed by atoms with Crippen molar-refractivity contribution in [3.05, 3.63) is 59.1 Å². The summed E-state index contributed by atoms with van der Waals surface area (Å²) < 4.78 is 5.09. The number of ether oxygens (including phenoxy) is 1. The van der Waals surface area contributed by atoms with Gasteiger partial charge < -0.3 is 9.84 Å². The molecule has 110 valence electrons. The van der Waals surface area contributed by atoms with Crippen molar-refractivity contribution in [2.75, 3.05) is 7.11 Å². The molecule has 0 bridgehead atoms. The Hall–Kier alpha value is -1.65. The van der Waals surface area contributed by atoms with E-state index in [9.17, 15) is 9.90 Å². The first-order chi connectivity index (χ1) is 10.1. The van der Waals surface area contributed by atoms with Crippen LogP contribution in [0, 0.1) is 0 Å². The van der Waals surface area contributed by atoms with E-state index in [0.717, 1.165) is 16.2 Å². The molecule has 0 aromatic heterocycles. The van der Waals surface area contributed by atoms with E-state index >= 15 is 0 Å². The van der Waals surface area contributed by atoms with Crippen molar-refractivity contribution in [3.8, 4) is 5.75 Å². The lowest BCUT2D eigenvalue weighted by molar-refractivity contribution is -0.136. The van der Waals surface area contributed by atoms with Crippen LogP contribution >= 0.6 is 23.4 Å². The zero-order valence-corrected chi connectivity index (χ0v) is 13.0. The number of rotatable bonds is 6. The Kier molecular flexibility index (Phi) is 5.53. The van der Waals surface area contributed by atoms with Gasteiger partial charge in [0, 0.05) is 9.92 Å². The van der Waals surface area contributed by atoms with Gasteiger partial charge in [-0.05, 0) is 48.4 Å². The molecule has 0 heterocycles. The molecule has 0 aliphatic heterocycles. The molecule has 3 nitrogen and oxygen atoms in total. The van der Waals surface area contributed by atoms with E-state index in [1.54, 1.807) is 19.2 Å². The molecule has 5 heteroatoms. The molecule has 2 rings (SSSR count). The van der Waals surface area contributed by atoms with Crippen LogP contribution in [0.3, 0.4) is 0 Å². The van der Waals surface area contributed by atoms with Gasteiger partial charge in [-0.15, -0.1) is 11.8 Å². The molecule has 0 saturated heterocycles. The lowest BCUT2D eigenvalue weighted by atomic mass is 10.1. The highest BCUT2D eigenvalue weighted by Gasteiger charge is 2.19. The SMILES string of the molecule is COc1ccc(CC(Sc2ccc(Cl)cc2)C(=O)O)cc1. The van der Waals surface area contributed by atoms with E-state index in [1.807, 2.05) is 36.4 Å². The summed E-state index contributed by atoms with van der Waals surface area (Å²) in [5.41, 5.74) is 0.963. The maximum absolute atomic E-state index is 11.4. The summed E-state index contributed by atoms with van der Waals surface area (Å²) in [6.07, 6.45) is 0.451. The van der Waals surface area contributed by atoms with Crippen molar-refractivity contribution in [2.45, 2.75) is 16.6 Å². The smallest absolute Gasteiger partial charge is 0.317 e. The summed E-state index contributed by atoms with van der Waals surface area (Å²) in [5.74, 6) is -0.0678. The van der Waals surface area contributed by atoms with E-state index in [-0.39, 0.29) is 0 Å². The van der Waals surface area contributed by atoms with E-state index in [1.165, 1.54) is 11.8 Å². The van der Waals surface area contributed by atoms with Crippen molar-refractivity contribution in [1.82, 2.24) is 0 Å². The fraction of sp³-hybridized carbons (Fsp3) is 0.188. The maximum Gasteiger partial charge on any atom is 0.317 e. The number of carboxylic acids is 1. The first kappa shape index (κ1) is 15.7. The van der Waals surface area contributed by atoms with Gasteiger partial charge in [-0.25, -0.2) is 0 Å². The Morgan fingerprint density at radius 2 is 1.81 bits per heavy atom. The molecule has 0 spiro atoms. The Balaban J connectivity index is 2.07. The highest BCUT2D eigenvalue weighted by molar-refractivity contribution is 8.00. The molecular formula is C16H15ClO3S. The second kappa shape index (κ2) is 7.38. The number of methoxy groups -OCH3 is 1. The molecule has 0 aliphatic carbocycles. The van der Waals surface area contributed by atoms with E-state index in [4.69, 9.17) is 16.3 Å². The van der Waals surface area contributed by atoms with E-state index < -0.39 is 11.2 Å². The average Bonchev–Trinajstić information content (AvgIpc) is 2.49. The number of carbonyl (C=O) groups is 1. The molecule has 1 atom stereocenters. The van der Waals surface area contributed by atoms with Gasteiger partial charge in [0.15, 0.2) is 0 Å². The molecule has 0 radical (unpaired) electrons. The lowest BCUT2D eigenvalue weighted by Gasteiger charge is -2.12. The fourth-order valence-electron chi connectivity index (χ4n) is 1.83. The normalized spacial score (nSPS) is 11.9. The molecule has 2 aromatic rings. The van der Waals surface area contributed by atoms with Crippen LogP contribution in [0.5, 0.6) is 5.75 Å². The van der Waals surface area contributed by atoms with Gasteiger partial charge in [-0.3, -0.25) is 4.79 Å². The van der Waals surface area contributed by atoms with Crippen molar-refractivity contribution >= 4 is 29.3 Å². The van der Waals surface area contributed by atoms with E-state index in [0.29, 0.717) is 11.4 Å². The Morgan fingerprint density at radius 1 is 1.19 bits per heavy atom. The van der Waals surface area contributed by atoms with Gasteiger partial charge in [0.25, 0.3) is 0 Å². The van der Waals surface area contributed by atoms with Crippen LogP contribution in [0.25, 0.3) is 0 Å². The third-order valence-electron chi connectivity index (χ3n) is 2.95. The zero-order chi connectivity index (χ0) is 15.2. The minimum Gasteiger partial charge on any atom is -0.497 e. The van der Waals surface area contributed by atoms with Crippen molar-refractivity contribution in [2.24, 2.45) is 0 Å². The molecule has 2 aromatic carbocycles. The van der Waals surface area contributed by atoms with Crippen LogP contribution in [-0.4, -0.2) is 23.4 Å². The highest BCUT2D eigenvalue weighted by atomic mass is 35.5. The monoisotopic (exact) mass is 322 g/mol. The standard InChI is InChI=1S/C16H15ClO3S/c1-20-13-6-2-11(3-7-13)10-15(16(18)19)21-14-8-4-12(17)5-9-14/h2-9,15H,10H2,1H3,(H,18,19). The largest absolute Gasteiger partial charge is 0.497 e. The van der Waals surface area contributed by atoms with Gasteiger partial charge >= 0.3 is 5.97 Å². The van der Waals surface area contributed by atoms with Gasteiger partial charge in [0.05, 0.1) is 7.11 Å². The summed E-state index contributed by atoms with van der Waals surface area (Å²) in [6, 6.07) is 14.6. The van der Waals surface area contributed by atoms with Crippen molar-refractivity contribution < 1.29 is 14.6 Å². The number of hydrogen-bond acceptors (Lipinski definition) is 3. The van der Waals surface area contributed by atoms with Gasteiger partial charge in [-0.1, -0.05) is 23.7 Å². The Labute approximate surface area is 132 Å². The minimum absolute atomic E-state index is 0.451. The second-order valence-electron chi connectivity index (χ2n) is 4.45. The minimum atomic E-state index is -0.828. The number of hydrogen-bond donors (Lipinski definition) is 1. The topological polar surface area (TPSA) is 46.5 Å². The number of halogens is 1. The third kappa shape index (κ3) is 4.69. The van der Waals surface area contributed by atoms with Gasteiger partial charge in [-0.2, -0.15) is 0 Å². The zero-order valence-electron chi connectivity index (χ0n) is 11.5. The predicted molar refractivity (Wildman–Crippen MR) is 85.4 cm³/mol. The molecule has 0 aliphatic rings. The van der Waals surface area contributed by atoms with Crippen LogP contribution in [0.4, 0.5) is 0 Å². The molecular weight excluding hydrogens is 308 g/mol. The summed E-state index contributed by atoms with van der Waals surface area (Å²) in [6.45, 7) is 0. The second-order valence-corrected chi connectivity index (χ2v) is 6.16. The molecule has 1 unspecified atom stereocenters.